The average Bonchev–Trinajstić information content (AvgIpc) is 3.18. The molecule has 1 fully saturated rings. The van der Waals surface area contributed by atoms with E-state index in [9.17, 15) is 22.8 Å². The number of carbonyl (C=O) groups excluding carboxylic acids is 1. The van der Waals surface area contributed by atoms with Crippen molar-refractivity contribution in [3.63, 3.8) is 0 Å². The third kappa shape index (κ3) is 4.97. The van der Waals surface area contributed by atoms with Crippen LogP contribution in [0.1, 0.15) is 28.9 Å². The van der Waals surface area contributed by atoms with Crippen molar-refractivity contribution < 1.29 is 27.9 Å². The van der Waals surface area contributed by atoms with Gasteiger partial charge in [-0.1, -0.05) is 18.2 Å². The van der Waals surface area contributed by atoms with Gasteiger partial charge in [-0.05, 0) is 49.2 Å². The normalized spacial score (nSPS) is 15.1. The Balaban J connectivity index is 1.37. The summed E-state index contributed by atoms with van der Waals surface area (Å²) in [5.74, 6) is -1.45. The second-order valence-electron chi connectivity index (χ2n) is 8.14. The third-order valence-corrected chi connectivity index (χ3v) is 6.06. The number of aromatic nitrogens is 1. The molecule has 1 aliphatic heterocycles. The SMILES string of the molecule is O=C(NCCn1c(C(F)(F)F)cc2ccccc21)c1ccc(N2CCC(C(=O)O)CC2)cc1. The third-order valence-electron chi connectivity index (χ3n) is 6.06. The van der Waals surface area contributed by atoms with Crippen molar-refractivity contribution in [2.75, 3.05) is 24.5 Å². The summed E-state index contributed by atoms with van der Waals surface area (Å²) in [6.45, 7) is 1.31. The van der Waals surface area contributed by atoms with Crippen molar-refractivity contribution in [3.05, 3.63) is 65.9 Å². The zero-order chi connectivity index (χ0) is 23.6. The van der Waals surface area contributed by atoms with Crippen LogP contribution in [0.2, 0.25) is 0 Å². The molecular formula is C24H24F3N3O3. The molecule has 1 aromatic heterocycles. The fourth-order valence-corrected chi connectivity index (χ4v) is 4.28. The first kappa shape index (κ1) is 22.7. The van der Waals surface area contributed by atoms with Crippen LogP contribution in [0.15, 0.2) is 54.6 Å². The van der Waals surface area contributed by atoms with Crippen LogP contribution in [0.25, 0.3) is 10.9 Å². The standard InChI is InChI=1S/C24H24F3N3O3/c25-24(26,27)21-15-18-3-1-2-4-20(18)30(21)14-11-28-22(31)16-5-7-19(8-6-16)29-12-9-17(10-13-29)23(32)33/h1-8,15,17H,9-14H2,(H,28,31)(H,32,33). The number of hydrogen-bond donors (Lipinski definition) is 2. The lowest BCUT2D eigenvalue weighted by Crippen LogP contribution is -2.36. The number of fused-ring (bicyclic) bond motifs is 1. The zero-order valence-electron chi connectivity index (χ0n) is 17.8. The number of carboxylic acid groups (broad SMARTS) is 1. The summed E-state index contributed by atoms with van der Waals surface area (Å²) in [4.78, 5) is 25.7. The molecule has 0 saturated carbocycles. The van der Waals surface area contributed by atoms with Crippen LogP contribution in [-0.4, -0.2) is 41.2 Å². The molecule has 0 aliphatic carbocycles. The van der Waals surface area contributed by atoms with Crippen molar-refractivity contribution in [3.8, 4) is 0 Å². The predicted octanol–water partition coefficient (Wildman–Crippen LogP) is 4.39. The molecule has 33 heavy (non-hydrogen) atoms. The summed E-state index contributed by atoms with van der Waals surface area (Å²) in [7, 11) is 0. The monoisotopic (exact) mass is 459 g/mol. The highest BCUT2D eigenvalue weighted by molar-refractivity contribution is 5.94. The molecule has 0 bridgehead atoms. The molecule has 6 nitrogen and oxygen atoms in total. The van der Waals surface area contributed by atoms with E-state index in [0.717, 1.165) is 11.8 Å². The van der Waals surface area contributed by atoms with Gasteiger partial charge in [-0.3, -0.25) is 9.59 Å². The van der Waals surface area contributed by atoms with Crippen molar-refractivity contribution >= 4 is 28.5 Å². The van der Waals surface area contributed by atoms with Crippen molar-refractivity contribution in [1.82, 2.24) is 9.88 Å². The minimum Gasteiger partial charge on any atom is -0.481 e. The van der Waals surface area contributed by atoms with Gasteiger partial charge in [0, 0.05) is 48.3 Å². The predicted molar refractivity (Wildman–Crippen MR) is 118 cm³/mol. The fraction of sp³-hybridized carbons (Fsp3) is 0.333. The summed E-state index contributed by atoms with van der Waals surface area (Å²) in [6, 6.07) is 14.7. The Morgan fingerprint density at radius 1 is 1.03 bits per heavy atom. The molecule has 1 saturated heterocycles. The number of amides is 1. The van der Waals surface area contributed by atoms with E-state index in [4.69, 9.17) is 5.11 Å². The Morgan fingerprint density at radius 3 is 2.33 bits per heavy atom. The maximum absolute atomic E-state index is 13.4. The van der Waals surface area contributed by atoms with Gasteiger partial charge in [-0.15, -0.1) is 0 Å². The lowest BCUT2D eigenvalue weighted by molar-refractivity contribution is -0.143. The number of halogens is 3. The van der Waals surface area contributed by atoms with Crippen LogP contribution in [0.5, 0.6) is 0 Å². The number of anilines is 1. The molecule has 1 aliphatic rings. The lowest BCUT2D eigenvalue weighted by Gasteiger charge is -2.32. The minimum atomic E-state index is -4.49. The van der Waals surface area contributed by atoms with E-state index < -0.39 is 17.8 Å². The molecule has 0 unspecified atom stereocenters. The van der Waals surface area contributed by atoms with E-state index in [1.807, 2.05) is 0 Å². The van der Waals surface area contributed by atoms with Gasteiger partial charge in [0.15, 0.2) is 0 Å². The average molecular weight is 459 g/mol. The molecular weight excluding hydrogens is 435 g/mol. The largest absolute Gasteiger partial charge is 0.481 e. The Hall–Kier alpha value is -3.49. The van der Waals surface area contributed by atoms with Crippen LogP contribution in [-0.2, 0) is 17.5 Å². The Kier molecular flexibility index (Phi) is 6.31. The zero-order valence-corrected chi connectivity index (χ0v) is 17.8. The number of benzene rings is 2. The van der Waals surface area contributed by atoms with Gasteiger partial charge in [-0.25, -0.2) is 0 Å². The fourth-order valence-electron chi connectivity index (χ4n) is 4.28. The van der Waals surface area contributed by atoms with Gasteiger partial charge in [0.1, 0.15) is 5.69 Å². The highest BCUT2D eigenvalue weighted by atomic mass is 19.4. The minimum absolute atomic E-state index is 0.00922. The molecule has 0 radical (unpaired) electrons. The quantitative estimate of drug-likeness (QED) is 0.573. The molecule has 9 heteroatoms. The molecule has 174 valence electrons. The van der Waals surface area contributed by atoms with Gasteiger partial charge in [0.2, 0.25) is 0 Å². The number of para-hydroxylation sites is 1. The first-order chi connectivity index (χ1) is 15.7. The molecule has 2 aromatic carbocycles. The van der Waals surface area contributed by atoms with Crippen molar-refractivity contribution in [2.45, 2.75) is 25.6 Å². The van der Waals surface area contributed by atoms with Gasteiger partial charge in [-0.2, -0.15) is 13.2 Å². The number of rotatable bonds is 6. The van der Waals surface area contributed by atoms with Crippen LogP contribution in [0.4, 0.5) is 18.9 Å². The van der Waals surface area contributed by atoms with E-state index in [0.29, 0.717) is 42.4 Å². The van der Waals surface area contributed by atoms with Gasteiger partial charge < -0.3 is 19.9 Å². The molecule has 3 aromatic rings. The van der Waals surface area contributed by atoms with Crippen molar-refractivity contribution in [2.24, 2.45) is 5.92 Å². The summed E-state index contributed by atoms with van der Waals surface area (Å²) in [5, 5.41) is 12.3. The first-order valence-electron chi connectivity index (χ1n) is 10.8. The van der Waals surface area contributed by atoms with Gasteiger partial charge >= 0.3 is 12.1 Å². The number of nitrogens with one attached hydrogen (secondary N) is 1. The van der Waals surface area contributed by atoms with Crippen LogP contribution >= 0.6 is 0 Å². The van der Waals surface area contributed by atoms with E-state index in [1.54, 1.807) is 48.5 Å². The summed E-state index contributed by atoms with van der Waals surface area (Å²) in [5.41, 5.74) is 1.04. The van der Waals surface area contributed by atoms with Crippen LogP contribution in [0, 0.1) is 5.92 Å². The van der Waals surface area contributed by atoms with E-state index in [1.165, 1.54) is 4.57 Å². The van der Waals surface area contributed by atoms with E-state index in [-0.39, 0.29) is 24.9 Å². The summed E-state index contributed by atoms with van der Waals surface area (Å²) >= 11 is 0. The van der Waals surface area contributed by atoms with Crippen LogP contribution in [0.3, 0.4) is 0 Å². The number of hydrogen-bond acceptors (Lipinski definition) is 3. The summed E-state index contributed by atoms with van der Waals surface area (Å²) < 4.78 is 41.5. The van der Waals surface area contributed by atoms with E-state index in [2.05, 4.69) is 10.2 Å². The van der Waals surface area contributed by atoms with Crippen LogP contribution < -0.4 is 10.2 Å². The molecule has 4 rings (SSSR count). The maximum atomic E-state index is 13.4. The highest BCUT2D eigenvalue weighted by Crippen LogP contribution is 2.34. The maximum Gasteiger partial charge on any atom is 0.431 e. The number of carbonyl (C=O) groups is 2. The van der Waals surface area contributed by atoms with Gasteiger partial charge in [0.25, 0.3) is 5.91 Å². The second-order valence-corrected chi connectivity index (χ2v) is 8.14. The number of nitrogens with zero attached hydrogens (tertiary/aromatic N) is 2. The summed E-state index contributed by atoms with van der Waals surface area (Å²) in [6.07, 6.45) is -3.34. The lowest BCUT2D eigenvalue weighted by atomic mass is 9.96. The number of carboxylic acids is 1. The Morgan fingerprint density at radius 2 is 1.70 bits per heavy atom. The molecule has 0 atom stereocenters. The number of piperidine rings is 1. The molecule has 2 N–H and O–H groups in total. The number of aliphatic carboxylic acids is 1. The molecule has 0 spiro atoms. The second kappa shape index (κ2) is 9.17. The van der Waals surface area contributed by atoms with Crippen molar-refractivity contribution in [1.29, 1.82) is 0 Å². The Bertz CT molecular complexity index is 1150. The number of alkyl halides is 3. The topological polar surface area (TPSA) is 74.6 Å². The Labute approximate surface area is 188 Å². The van der Waals surface area contributed by atoms with Gasteiger partial charge in [0.05, 0.1) is 5.92 Å². The smallest absolute Gasteiger partial charge is 0.431 e. The van der Waals surface area contributed by atoms with E-state index >= 15 is 0 Å². The molecule has 1 amide bonds. The highest BCUT2D eigenvalue weighted by Gasteiger charge is 2.35. The molecule has 2 heterocycles. The first-order valence-corrected chi connectivity index (χ1v) is 10.8.